The number of anilines is 2. The minimum Gasteiger partial charge on any atom is -0.504 e. The number of aromatic hydroxyl groups is 2. The number of phenolic OH excluding ortho intramolecular Hbond substituents is 2. The van der Waals surface area contributed by atoms with E-state index in [1.807, 2.05) is 25.1 Å². The van der Waals surface area contributed by atoms with Crippen molar-refractivity contribution in [2.45, 2.75) is 18.4 Å². The van der Waals surface area contributed by atoms with Crippen molar-refractivity contribution >= 4 is 22.3 Å². The summed E-state index contributed by atoms with van der Waals surface area (Å²) in [4.78, 5) is 17.6. The molecule has 0 saturated carbocycles. The number of ether oxygens (including phenoxy) is 2. The fraction of sp³-hybridized carbons (Fsp3) is 0.276. The van der Waals surface area contributed by atoms with E-state index < -0.39 is 5.63 Å². The van der Waals surface area contributed by atoms with E-state index in [2.05, 4.69) is 29.2 Å². The highest BCUT2D eigenvalue weighted by Crippen LogP contribution is 2.56. The standard InChI is InChI=1S/C29H28N2O6/c1-30(2)17-7-5-15(6-8-17)25-26-19-13-24(36-4)21(33)14-22(19)37-29(34)28(26)31-10-9-16-11-20(32)23(35-3)12-18(16)27(25)31/h5-8,11-14,25,27,32-33H,9-10H2,1-4H3. The minimum atomic E-state index is -0.446. The van der Waals surface area contributed by atoms with Gasteiger partial charge in [0, 0.05) is 49.3 Å². The third kappa shape index (κ3) is 3.39. The Hall–Kier alpha value is -4.33. The molecule has 4 aromatic rings. The molecule has 2 aliphatic heterocycles. The van der Waals surface area contributed by atoms with Crippen LogP contribution in [0.5, 0.6) is 23.0 Å². The van der Waals surface area contributed by atoms with Gasteiger partial charge in [-0.3, -0.25) is 0 Å². The van der Waals surface area contributed by atoms with Crippen molar-refractivity contribution in [1.29, 1.82) is 0 Å². The molecule has 190 valence electrons. The highest BCUT2D eigenvalue weighted by atomic mass is 16.5. The van der Waals surface area contributed by atoms with Crippen molar-refractivity contribution in [3.63, 3.8) is 0 Å². The molecular weight excluding hydrogens is 472 g/mol. The molecule has 0 bridgehead atoms. The van der Waals surface area contributed by atoms with Crippen LogP contribution >= 0.6 is 0 Å². The zero-order chi connectivity index (χ0) is 26.0. The van der Waals surface area contributed by atoms with E-state index in [1.165, 1.54) is 20.3 Å². The van der Waals surface area contributed by atoms with E-state index in [-0.39, 0.29) is 23.5 Å². The fourth-order valence-electron chi connectivity index (χ4n) is 5.91. The Labute approximate surface area is 213 Å². The third-order valence-corrected chi connectivity index (χ3v) is 7.62. The van der Waals surface area contributed by atoms with Gasteiger partial charge in [-0.25, -0.2) is 4.79 Å². The van der Waals surface area contributed by atoms with Crippen molar-refractivity contribution in [3.05, 3.63) is 81.2 Å². The summed E-state index contributed by atoms with van der Waals surface area (Å²) < 4.78 is 16.6. The molecule has 1 aromatic heterocycles. The van der Waals surface area contributed by atoms with Crippen molar-refractivity contribution in [2.24, 2.45) is 0 Å². The molecule has 2 aliphatic rings. The molecule has 6 rings (SSSR count). The zero-order valence-corrected chi connectivity index (χ0v) is 21.1. The van der Waals surface area contributed by atoms with Crippen LogP contribution in [0.3, 0.4) is 0 Å². The maximum atomic E-state index is 13.5. The number of hydrogen-bond donors (Lipinski definition) is 2. The summed E-state index contributed by atoms with van der Waals surface area (Å²) in [6.45, 7) is 0.591. The molecule has 0 amide bonds. The van der Waals surface area contributed by atoms with Crippen LogP contribution in [0, 0.1) is 0 Å². The van der Waals surface area contributed by atoms with Crippen molar-refractivity contribution in [3.8, 4) is 23.0 Å². The van der Waals surface area contributed by atoms with Crippen LogP contribution in [0.2, 0.25) is 0 Å². The molecule has 0 fully saturated rings. The second kappa shape index (κ2) is 8.37. The Morgan fingerprint density at radius 3 is 2.32 bits per heavy atom. The Kier molecular flexibility index (Phi) is 5.22. The molecule has 0 radical (unpaired) electrons. The monoisotopic (exact) mass is 500 g/mol. The van der Waals surface area contributed by atoms with E-state index in [0.717, 1.165) is 27.9 Å². The summed E-state index contributed by atoms with van der Waals surface area (Å²) in [5.74, 6) is 0.484. The number of phenols is 2. The van der Waals surface area contributed by atoms with Gasteiger partial charge in [-0.1, -0.05) is 12.1 Å². The third-order valence-electron chi connectivity index (χ3n) is 7.62. The molecule has 37 heavy (non-hydrogen) atoms. The number of nitrogens with zero attached hydrogens (tertiary/aromatic N) is 2. The average Bonchev–Trinajstić information content (AvgIpc) is 3.24. The summed E-state index contributed by atoms with van der Waals surface area (Å²) >= 11 is 0. The molecule has 2 atom stereocenters. The van der Waals surface area contributed by atoms with E-state index >= 15 is 0 Å². The second-order valence-electron chi connectivity index (χ2n) is 9.75. The molecule has 3 aromatic carbocycles. The summed E-state index contributed by atoms with van der Waals surface area (Å²) in [7, 11) is 7.02. The van der Waals surface area contributed by atoms with Crippen LogP contribution in [0.15, 0.2) is 57.7 Å². The lowest BCUT2D eigenvalue weighted by atomic mass is 9.80. The molecule has 0 saturated heterocycles. The number of rotatable bonds is 4. The first-order chi connectivity index (χ1) is 17.8. The Morgan fingerprint density at radius 1 is 0.973 bits per heavy atom. The van der Waals surface area contributed by atoms with Crippen LogP contribution < -0.4 is 24.9 Å². The van der Waals surface area contributed by atoms with Crippen molar-refractivity contribution in [1.82, 2.24) is 0 Å². The molecule has 8 nitrogen and oxygen atoms in total. The van der Waals surface area contributed by atoms with Crippen molar-refractivity contribution in [2.75, 3.05) is 44.7 Å². The van der Waals surface area contributed by atoms with Gasteiger partial charge in [-0.05, 0) is 53.4 Å². The van der Waals surface area contributed by atoms with E-state index in [1.54, 1.807) is 12.1 Å². The maximum absolute atomic E-state index is 13.5. The molecule has 3 heterocycles. The highest BCUT2D eigenvalue weighted by Gasteiger charge is 2.46. The van der Waals surface area contributed by atoms with Crippen LogP contribution in [0.4, 0.5) is 11.4 Å². The SMILES string of the molecule is COc1cc2c(cc1O)CCN1c3c(c4cc(OC)c(O)cc4oc3=O)C(c3ccc(N(C)C)cc3)C21. The van der Waals surface area contributed by atoms with E-state index in [4.69, 9.17) is 13.9 Å². The topological polar surface area (TPSA) is 95.6 Å². The van der Waals surface area contributed by atoms with Crippen molar-refractivity contribution < 1.29 is 24.1 Å². The van der Waals surface area contributed by atoms with Crippen LogP contribution in [-0.4, -0.2) is 45.1 Å². The lowest BCUT2D eigenvalue weighted by Gasteiger charge is -2.36. The average molecular weight is 501 g/mol. The Morgan fingerprint density at radius 2 is 1.65 bits per heavy atom. The lowest BCUT2D eigenvalue weighted by molar-refractivity contribution is 0.371. The first kappa shape index (κ1) is 23.1. The van der Waals surface area contributed by atoms with Gasteiger partial charge in [0.2, 0.25) is 0 Å². The molecular formula is C29H28N2O6. The number of fused-ring (bicyclic) bond motifs is 7. The van der Waals surface area contributed by atoms with Gasteiger partial charge in [0.25, 0.3) is 0 Å². The predicted octanol–water partition coefficient (Wildman–Crippen LogP) is 4.54. The zero-order valence-electron chi connectivity index (χ0n) is 21.1. The summed E-state index contributed by atoms with van der Waals surface area (Å²) in [6, 6.07) is 14.9. The van der Waals surface area contributed by atoms with Gasteiger partial charge in [-0.2, -0.15) is 0 Å². The molecule has 0 spiro atoms. The van der Waals surface area contributed by atoms with Gasteiger partial charge < -0.3 is 33.9 Å². The molecule has 0 aliphatic carbocycles. The van der Waals surface area contributed by atoms with Gasteiger partial charge in [-0.15, -0.1) is 0 Å². The highest BCUT2D eigenvalue weighted by molar-refractivity contribution is 5.91. The fourth-order valence-corrected chi connectivity index (χ4v) is 5.91. The number of benzene rings is 3. The lowest BCUT2D eigenvalue weighted by Crippen LogP contribution is -2.36. The Balaban J connectivity index is 1.67. The number of hydrogen-bond acceptors (Lipinski definition) is 8. The van der Waals surface area contributed by atoms with Crippen LogP contribution in [0.1, 0.15) is 34.2 Å². The Bertz CT molecular complexity index is 1590. The quantitative estimate of drug-likeness (QED) is 0.395. The molecule has 2 N–H and O–H groups in total. The van der Waals surface area contributed by atoms with Gasteiger partial charge in [0.05, 0.1) is 20.3 Å². The van der Waals surface area contributed by atoms with Crippen LogP contribution in [-0.2, 0) is 6.42 Å². The van der Waals surface area contributed by atoms with E-state index in [9.17, 15) is 15.0 Å². The first-order valence-corrected chi connectivity index (χ1v) is 12.1. The van der Waals surface area contributed by atoms with Gasteiger partial charge >= 0.3 is 5.63 Å². The molecule has 2 unspecified atom stereocenters. The van der Waals surface area contributed by atoms with Gasteiger partial charge in [0.15, 0.2) is 23.0 Å². The van der Waals surface area contributed by atoms with Gasteiger partial charge in [0.1, 0.15) is 11.3 Å². The largest absolute Gasteiger partial charge is 0.504 e. The minimum absolute atomic E-state index is 0.0914. The van der Waals surface area contributed by atoms with E-state index in [0.29, 0.717) is 41.1 Å². The van der Waals surface area contributed by atoms with Crippen LogP contribution in [0.25, 0.3) is 11.0 Å². The summed E-state index contributed by atoms with van der Waals surface area (Å²) in [6.07, 6.45) is 0.658. The predicted molar refractivity (Wildman–Crippen MR) is 142 cm³/mol. The molecule has 8 heteroatoms. The second-order valence-corrected chi connectivity index (χ2v) is 9.75. The summed E-state index contributed by atoms with van der Waals surface area (Å²) in [5.41, 5.74) is 5.34. The summed E-state index contributed by atoms with van der Waals surface area (Å²) in [5, 5.41) is 21.6. The normalized spacial score (nSPS) is 17.8. The number of methoxy groups -OCH3 is 2. The maximum Gasteiger partial charge on any atom is 0.360 e. The smallest absolute Gasteiger partial charge is 0.360 e. The first-order valence-electron chi connectivity index (χ1n) is 12.1.